The molecule has 0 aliphatic carbocycles. The Morgan fingerprint density at radius 3 is 2.62 bits per heavy atom. The molecule has 0 amide bonds. The van der Waals surface area contributed by atoms with Crippen LogP contribution < -0.4 is 4.74 Å². The number of hydrogen-bond donors (Lipinski definition) is 1. The van der Waals surface area contributed by atoms with Crippen LogP contribution in [-0.4, -0.2) is 15.8 Å². The lowest BCUT2D eigenvalue weighted by atomic mass is 10.1. The molecule has 108 valence electrons. The summed E-state index contributed by atoms with van der Waals surface area (Å²) in [6.45, 7) is 1.94. The van der Waals surface area contributed by atoms with Crippen LogP contribution in [0.15, 0.2) is 53.7 Å². The molecule has 2 rings (SSSR count). The summed E-state index contributed by atoms with van der Waals surface area (Å²) in [6, 6.07) is 13.4. The number of hydrogen-bond acceptors (Lipinski definition) is 5. The summed E-state index contributed by atoms with van der Waals surface area (Å²) >= 11 is 0. The van der Waals surface area contributed by atoms with Crippen molar-refractivity contribution in [1.82, 2.24) is 0 Å². The summed E-state index contributed by atoms with van der Waals surface area (Å²) in [5.41, 5.74) is 2.07. The van der Waals surface area contributed by atoms with E-state index in [1.54, 1.807) is 43.3 Å². The first-order valence-electron chi connectivity index (χ1n) is 6.25. The fourth-order valence-corrected chi connectivity index (χ4v) is 1.78. The number of nitro groups is 1. The minimum Gasteiger partial charge on any atom is -0.489 e. The topological polar surface area (TPSA) is 85.0 Å². The summed E-state index contributed by atoms with van der Waals surface area (Å²) < 4.78 is 5.57. The van der Waals surface area contributed by atoms with Gasteiger partial charge in [-0.2, -0.15) is 0 Å². The summed E-state index contributed by atoms with van der Waals surface area (Å²) in [7, 11) is 0. The van der Waals surface area contributed by atoms with E-state index >= 15 is 0 Å². The van der Waals surface area contributed by atoms with Gasteiger partial charge in [0.15, 0.2) is 0 Å². The van der Waals surface area contributed by atoms with Gasteiger partial charge in [-0.15, -0.1) is 0 Å². The average molecular weight is 286 g/mol. The van der Waals surface area contributed by atoms with Crippen molar-refractivity contribution in [2.45, 2.75) is 13.5 Å². The van der Waals surface area contributed by atoms with Crippen LogP contribution in [0, 0.1) is 10.1 Å². The molecular weight excluding hydrogens is 272 g/mol. The molecule has 0 saturated heterocycles. The van der Waals surface area contributed by atoms with Crippen LogP contribution in [-0.2, 0) is 6.61 Å². The molecule has 0 saturated carbocycles. The number of non-ortho nitro benzene ring substituents is 1. The maximum absolute atomic E-state index is 10.7. The second-order valence-corrected chi connectivity index (χ2v) is 4.43. The van der Waals surface area contributed by atoms with Crippen molar-refractivity contribution in [3.8, 4) is 5.75 Å². The van der Waals surface area contributed by atoms with Gasteiger partial charge in [0.25, 0.3) is 5.69 Å². The van der Waals surface area contributed by atoms with Gasteiger partial charge in [-0.3, -0.25) is 10.1 Å². The highest BCUT2D eigenvalue weighted by Gasteiger charge is 2.06. The second kappa shape index (κ2) is 6.51. The van der Waals surface area contributed by atoms with E-state index in [1.165, 1.54) is 12.1 Å². The zero-order valence-corrected chi connectivity index (χ0v) is 11.4. The van der Waals surface area contributed by atoms with Crippen molar-refractivity contribution in [3.05, 3.63) is 69.8 Å². The zero-order chi connectivity index (χ0) is 15.2. The smallest absolute Gasteiger partial charge is 0.269 e. The van der Waals surface area contributed by atoms with E-state index in [1.807, 2.05) is 0 Å². The van der Waals surface area contributed by atoms with Crippen molar-refractivity contribution >= 4 is 11.4 Å². The van der Waals surface area contributed by atoms with Crippen molar-refractivity contribution in [2.24, 2.45) is 5.16 Å². The number of oxime groups is 1. The van der Waals surface area contributed by atoms with E-state index in [0.29, 0.717) is 11.5 Å². The molecule has 2 aromatic carbocycles. The van der Waals surface area contributed by atoms with Crippen molar-refractivity contribution < 1.29 is 14.9 Å². The first-order chi connectivity index (χ1) is 10.1. The van der Waals surface area contributed by atoms with Gasteiger partial charge in [-0.1, -0.05) is 17.3 Å². The molecule has 6 nitrogen and oxygen atoms in total. The number of rotatable bonds is 5. The Morgan fingerprint density at radius 1 is 1.29 bits per heavy atom. The van der Waals surface area contributed by atoms with Gasteiger partial charge in [0.1, 0.15) is 12.4 Å². The first kappa shape index (κ1) is 14.5. The predicted molar refractivity (Wildman–Crippen MR) is 77.9 cm³/mol. The van der Waals surface area contributed by atoms with Gasteiger partial charge in [0.2, 0.25) is 0 Å². The Hall–Kier alpha value is -2.89. The summed E-state index contributed by atoms with van der Waals surface area (Å²) in [5.74, 6) is 0.635. The van der Waals surface area contributed by atoms with Crippen LogP contribution in [0.4, 0.5) is 5.69 Å². The normalized spacial score (nSPS) is 11.2. The minimum absolute atomic E-state index is 0.0428. The zero-order valence-electron chi connectivity index (χ0n) is 11.4. The molecule has 0 heterocycles. The van der Waals surface area contributed by atoms with Crippen LogP contribution >= 0.6 is 0 Å². The lowest BCUT2D eigenvalue weighted by molar-refractivity contribution is -0.384. The third kappa shape index (κ3) is 3.79. The second-order valence-electron chi connectivity index (χ2n) is 4.43. The number of ether oxygens (including phenoxy) is 1. The Bertz CT molecular complexity index is 666. The third-order valence-corrected chi connectivity index (χ3v) is 2.95. The van der Waals surface area contributed by atoms with E-state index < -0.39 is 4.92 Å². The molecule has 0 aliphatic rings. The molecule has 1 N–H and O–H groups in total. The fraction of sp³-hybridized carbons (Fsp3) is 0.133. The fourth-order valence-electron chi connectivity index (χ4n) is 1.78. The highest BCUT2D eigenvalue weighted by Crippen LogP contribution is 2.17. The van der Waals surface area contributed by atoms with Crippen LogP contribution in [0.1, 0.15) is 18.1 Å². The number of benzene rings is 2. The van der Waals surface area contributed by atoms with Gasteiger partial charge >= 0.3 is 0 Å². The van der Waals surface area contributed by atoms with Crippen LogP contribution in [0.2, 0.25) is 0 Å². The van der Waals surface area contributed by atoms with Crippen LogP contribution in [0.5, 0.6) is 5.75 Å². The summed E-state index contributed by atoms with van der Waals surface area (Å²) in [6.07, 6.45) is 0. The molecule has 0 aliphatic heterocycles. The Balaban J connectivity index is 2.03. The standard InChI is InChI=1S/C15H14N2O4/c1-11(16-18)13-5-7-15(8-6-13)21-10-12-3-2-4-14(9-12)17(19)20/h2-9,18H,10H2,1H3/b16-11+. The first-order valence-corrected chi connectivity index (χ1v) is 6.25. The molecule has 0 spiro atoms. The molecule has 0 bridgehead atoms. The Labute approximate surface area is 121 Å². The van der Waals surface area contributed by atoms with E-state index in [2.05, 4.69) is 5.16 Å². The maximum Gasteiger partial charge on any atom is 0.269 e. The molecule has 0 fully saturated rings. The van der Waals surface area contributed by atoms with E-state index in [4.69, 9.17) is 9.94 Å². The quantitative estimate of drug-likeness (QED) is 0.395. The van der Waals surface area contributed by atoms with E-state index in [9.17, 15) is 10.1 Å². The van der Waals surface area contributed by atoms with Crippen molar-refractivity contribution in [1.29, 1.82) is 0 Å². The summed E-state index contributed by atoms with van der Waals surface area (Å²) in [4.78, 5) is 10.3. The molecule has 21 heavy (non-hydrogen) atoms. The minimum atomic E-state index is -0.435. The maximum atomic E-state index is 10.7. The lowest BCUT2D eigenvalue weighted by Gasteiger charge is -2.07. The molecule has 0 aromatic heterocycles. The SMILES string of the molecule is C/C(=N\O)c1ccc(OCc2cccc([N+](=O)[O-])c2)cc1. The van der Waals surface area contributed by atoms with Gasteiger partial charge in [-0.25, -0.2) is 0 Å². The Morgan fingerprint density at radius 2 is 2.00 bits per heavy atom. The van der Waals surface area contributed by atoms with E-state index in [-0.39, 0.29) is 12.3 Å². The molecule has 0 atom stereocenters. The Kier molecular flexibility index (Phi) is 4.50. The molecule has 2 aromatic rings. The molecule has 0 unspecified atom stereocenters. The summed E-state index contributed by atoms with van der Waals surface area (Å²) in [5, 5.41) is 22.5. The lowest BCUT2D eigenvalue weighted by Crippen LogP contribution is -1.98. The monoisotopic (exact) mass is 286 g/mol. The van der Waals surface area contributed by atoms with Crippen LogP contribution in [0.25, 0.3) is 0 Å². The van der Waals surface area contributed by atoms with Crippen LogP contribution in [0.3, 0.4) is 0 Å². The number of nitro benzene ring substituents is 1. The number of nitrogens with zero attached hydrogens (tertiary/aromatic N) is 2. The van der Waals surface area contributed by atoms with Gasteiger partial charge in [0, 0.05) is 12.1 Å². The highest BCUT2D eigenvalue weighted by atomic mass is 16.6. The molecule has 0 radical (unpaired) electrons. The third-order valence-electron chi connectivity index (χ3n) is 2.95. The highest BCUT2D eigenvalue weighted by molar-refractivity contribution is 5.98. The van der Waals surface area contributed by atoms with Gasteiger partial charge in [0.05, 0.1) is 10.6 Å². The van der Waals surface area contributed by atoms with Crippen molar-refractivity contribution in [2.75, 3.05) is 0 Å². The van der Waals surface area contributed by atoms with Gasteiger partial charge in [-0.05, 0) is 42.3 Å². The largest absolute Gasteiger partial charge is 0.489 e. The molecular formula is C15H14N2O4. The molecule has 6 heteroatoms. The van der Waals surface area contributed by atoms with E-state index in [0.717, 1.165) is 11.1 Å². The average Bonchev–Trinajstić information content (AvgIpc) is 2.53. The predicted octanol–water partition coefficient (Wildman–Crippen LogP) is 3.37. The van der Waals surface area contributed by atoms with Crippen molar-refractivity contribution in [3.63, 3.8) is 0 Å². The van der Waals surface area contributed by atoms with Gasteiger partial charge < -0.3 is 9.94 Å².